The molecule has 1 fully saturated rings. The molecule has 2 aliphatic heterocycles. The van der Waals surface area contributed by atoms with Gasteiger partial charge in [-0.15, -0.1) is 0 Å². The quantitative estimate of drug-likeness (QED) is 0.798. The summed E-state index contributed by atoms with van der Waals surface area (Å²) in [5, 5.41) is 0. The van der Waals surface area contributed by atoms with Gasteiger partial charge in [0.25, 0.3) is 11.8 Å². The number of fused-ring (bicyclic) bond motifs is 1. The molecule has 0 aliphatic carbocycles. The predicted octanol–water partition coefficient (Wildman–Crippen LogP) is 2.10. The Morgan fingerprint density at radius 3 is 2.79 bits per heavy atom. The van der Waals surface area contributed by atoms with E-state index in [-0.39, 0.29) is 18.4 Å². The third-order valence-electron chi connectivity index (χ3n) is 5.41. The number of benzene rings is 1. The Morgan fingerprint density at radius 2 is 1.96 bits per heavy atom. The van der Waals surface area contributed by atoms with Crippen molar-refractivity contribution in [3.05, 3.63) is 47.8 Å². The number of likely N-dealkylation sites (N-methyl/N-ethyl adjacent to an activating group) is 1. The van der Waals surface area contributed by atoms with Gasteiger partial charge >= 0.3 is 0 Å². The summed E-state index contributed by atoms with van der Waals surface area (Å²) in [5.41, 5.74) is 3.54. The zero-order chi connectivity index (χ0) is 19.7. The lowest BCUT2D eigenvalue weighted by atomic mass is 10.1. The van der Waals surface area contributed by atoms with Crippen molar-refractivity contribution >= 4 is 23.2 Å². The summed E-state index contributed by atoms with van der Waals surface area (Å²) in [6.07, 6.45) is 4.58. The van der Waals surface area contributed by atoms with E-state index in [2.05, 4.69) is 16.8 Å². The van der Waals surface area contributed by atoms with Gasteiger partial charge in [0.15, 0.2) is 6.61 Å². The number of aromatic nitrogens is 1. The zero-order valence-corrected chi connectivity index (χ0v) is 16.2. The molecule has 146 valence electrons. The number of hydrogen-bond acceptors (Lipinski definition) is 5. The van der Waals surface area contributed by atoms with Crippen LogP contribution in [0.5, 0.6) is 5.75 Å². The molecule has 0 atom stereocenters. The highest BCUT2D eigenvalue weighted by Crippen LogP contribution is 2.32. The molecular formula is C21H24N4O3. The van der Waals surface area contributed by atoms with E-state index < -0.39 is 0 Å². The maximum atomic E-state index is 13.1. The molecule has 3 heterocycles. The zero-order valence-electron chi connectivity index (χ0n) is 16.2. The van der Waals surface area contributed by atoms with Crippen LogP contribution in [0.4, 0.5) is 11.4 Å². The SMILES string of the molecule is Cc1cnccc1N1CCCN(C(=O)c2ccc3c(c2)N(C)C(=O)CO3)CC1. The van der Waals surface area contributed by atoms with Crippen molar-refractivity contribution in [2.75, 3.05) is 49.6 Å². The summed E-state index contributed by atoms with van der Waals surface area (Å²) >= 11 is 0. The lowest BCUT2D eigenvalue weighted by Gasteiger charge is -2.27. The molecular weight excluding hydrogens is 356 g/mol. The highest BCUT2D eigenvalue weighted by molar-refractivity contribution is 6.01. The van der Waals surface area contributed by atoms with Crippen LogP contribution < -0.4 is 14.5 Å². The molecule has 7 nitrogen and oxygen atoms in total. The largest absolute Gasteiger partial charge is 0.482 e. The van der Waals surface area contributed by atoms with Crippen molar-refractivity contribution in [3.8, 4) is 5.75 Å². The molecule has 0 bridgehead atoms. The summed E-state index contributed by atoms with van der Waals surface area (Å²) in [6, 6.07) is 7.34. The first-order valence-corrected chi connectivity index (χ1v) is 9.53. The Kier molecular flexibility index (Phi) is 4.90. The van der Waals surface area contributed by atoms with Crippen molar-refractivity contribution in [2.24, 2.45) is 0 Å². The standard InChI is InChI=1S/C21H24N4O3/c1-15-13-22-7-6-17(15)24-8-3-9-25(11-10-24)21(27)16-4-5-19-18(12-16)23(2)20(26)14-28-19/h4-7,12-13H,3,8-11,14H2,1-2H3. The molecule has 0 saturated carbocycles. The van der Waals surface area contributed by atoms with Crippen LogP contribution in [0, 0.1) is 6.92 Å². The first kappa shape index (κ1) is 18.3. The second-order valence-electron chi connectivity index (χ2n) is 7.22. The maximum Gasteiger partial charge on any atom is 0.264 e. The number of aryl methyl sites for hydroxylation is 1. The van der Waals surface area contributed by atoms with Crippen LogP contribution in [0.15, 0.2) is 36.7 Å². The van der Waals surface area contributed by atoms with E-state index in [1.807, 2.05) is 23.4 Å². The van der Waals surface area contributed by atoms with Gasteiger partial charge in [-0.05, 0) is 43.2 Å². The van der Waals surface area contributed by atoms with Crippen LogP contribution in [-0.2, 0) is 4.79 Å². The second-order valence-corrected chi connectivity index (χ2v) is 7.22. The molecule has 1 aromatic heterocycles. The minimum Gasteiger partial charge on any atom is -0.482 e. The fourth-order valence-electron chi connectivity index (χ4n) is 3.77. The fraction of sp³-hybridized carbons (Fsp3) is 0.381. The Morgan fingerprint density at radius 1 is 1.11 bits per heavy atom. The molecule has 0 N–H and O–H groups in total. The monoisotopic (exact) mass is 380 g/mol. The number of pyridine rings is 1. The molecule has 2 aromatic rings. The van der Waals surface area contributed by atoms with Gasteiger partial charge < -0.3 is 19.4 Å². The summed E-state index contributed by atoms with van der Waals surface area (Å²) in [7, 11) is 1.71. The number of nitrogens with zero attached hydrogens (tertiary/aromatic N) is 4. The summed E-state index contributed by atoms with van der Waals surface area (Å²) in [5.74, 6) is 0.506. The maximum absolute atomic E-state index is 13.1. The van der Waals surface area contributed by atoms with Gasteiger partial charge in [0.05, 0.1) is 5.69 Å². The molecule has 1 saturated heterocycles. The average molecular weight is 380 g/mol. The topological polar surface area (TPSA) is 66.0 Å². The van der Waals surface area contributed by atoms with Gasteiger partial charge in [-0.3, -0.25) is 14.6 Å². The Hall–Kier alpha value is -3.09. The van der Waals surface area contributed by atoms with Crippen LogP contribution in [0.1, 0.15) is 22.3 Å². The van der Waals surface area contributed by atoms with Gasteiger partial charge in [-0.1, -0.05) is 0 Å². The van der Waals surface area contributed by atoms with E-state index in [1.165, 1.54) is 5.69 Å². The number of ether oxygens (including phenoxy) is 1. The van der Waals surface area contributed by atoms with Gasteiger partial charge in [-0.25, -0.2) is 0 Å². The van der Waals surface area contributed by atoms with Crippen LogP contribution in [0.25, 0.3) is 0 Å². The Bertz CT molecular complexity index is 914. The molecule has 0 spiro atoms. The highest BCUT2D eigenvalue weighted by Gasteiger charge is 2.26. The summed E-state index contributed by atoms with van der Waals surface area (Å²) < 4.78 is 5.45. The number of amides is 2. The lowest BCUT2D eigenvalue weighted by Crippen LogP contribution is -2.37. The minimum atomic E-state index is -0.116. The van der Waals surface area contributed by atoms with Gasteiger partial charge in [0.2, 0.25) is 0 Å². The number of anilines is 2. The fourth-order valence-corrected chi connectivity index (χ4v) is 3.77. The Balaban J connectivity index is 1.50. The third kappa shape index (κ3) is 3.40. The summed E-state index contributed by atoms with van der Waals surface area (Å²) in [4.78, 5) is 34.9. The molecule has 0 radical (unpaired) electrons. The molecule has 1 aromatic carbocycles. The van der Waals surface area contributed by atoms with Gasteiger partial charge in [0.1, 0.15) is 5.75 Å². The third-order valence-corrected chi connectivity index (χ3v) is 5.41. The van der Waals surface area contributed by atoms with Crippen LogP contribution in [0.3, 0.4) is 0 Å². The van der Waals surface area contributed by atoms with Gasteiger partial charge in [0, 0.05) is 56.9 Å². The normalized spacial score (nSPS) is 17.1. The molecule has 7 heteroatoms. The smallest absolute Gasteiger partial charge is 0.264 e. The van der Waals surface area contributed by atoms with Crippen molar-refractivity contribution in [1.29, 1.82) is 0 Å². The van der Waals surface area contributed by atoms with E-state index in [0.29, 0.717) is 30.1 Å². The van der Waals surface area contributed by atoms with E-state index >= 15 is 0 Å². The number of hydrogen-bond donors (Lipinski definition) is 0. The van der Waals surface area contributed by atoms with E-state index in [0.717, 1.165) is 25.1 Å². The van der Waals surface area contributed by atoms with Crippen LogP contribution in [0.2, 0.25) is 0 Å². The van der Waals surface area contributed by atoms with Gasteiger partial charge in [-0.2, -0.15) is 0 Å². The Labute approximate surface area is 164 Å². The minimum absolute atomic E-state index is 0.0116. The van der Waals surface area contributed by atoms with Crippen molar-refractivity contribution in [1.82, 2.24) is 9.88 Å². The van der Waals surface area contributed by atoms with Crippen LogP contribution in [-0.4, -0.2) is 61.5 Å². The average Bonchev–Trinajstić information content (AvgIpc) is 2.96. The van der Waals surface area contributed by atoms with E-state index in [9.17, 15) is 9.59 Å². The predicted molar refractivity (Wildman–Crippen MR) is 107 cm³/mol. The number of rotatable bonds is 2. The van der Waals surface area contributed by atoms with E-state index in [1.54, 1.807) is 30.1 Å². The highest BCUT2D eigenvalue weighted by atomic mass is 16.5. The van der Waals surface area contributed by atoms with Crippen molar-refractivity contribution in [3.63, 3.8) is 0 Å². The van der Waals surface area contributed by atoms with Crippen molar-refractivity contribution in [2.45, 2.75) is 13.3 Å². The molecule has 2 amide bonds. The van der Waals surface area contributed by atoms with E-state index in [4.69, 9.17) is 4.74 Å². The van der Waals surface area contributed by atoms with Crippen LogP contribution >= 0.6 is 0 Å². The molecule has 28 heavy (non-hydrogen) atoms. The molecule has 0 unspecified atom stereocenters. The summed E-state index contributed by atoms with van der Waals surface area (Å²) in [6.45, 7) is 5.15. The lowest BCUT2D eigenvalue weighted by molar-refractivity contribution is -0.120. The number of carbonyl (C=O) groups is 2. The first-order valence-electron chi connectivity index (χ1n) is 9.53. The second kappa shape index (κ2) is 7.50. The molecule has 4 rings (SSSR count). The molecule has 2 aliphatic rings. The van der Waals surface area contributed by atoms with Crippen molar-refractivity contribution < 1.29 is 14.3 Å². The number of carbonyl (C=O) groups excluding carboxylic acids is 2. The first-order chi connectivity index (χ1) is 13.5.